The number of carbonyl (C=O) groups is 2. The zero-order valence-corrected chi connectivity index (χ0v) is 22.3. The number of hydrogen-bond acceptors (Lipinski definition) is 7. The molecule has 3 rings (SSSR count). The standard InChI is InChI=1S/C28H35FN4O5/c1-6-30-28(27-18(2)13-23(14-24(27)29)38-12-11-36-5)32-22-9-7-21(8-10-22)31-25(34)15-26(35)33-19(3)16-37-17-20(33)4/h6-10,13-14,19-20,32H,2,11-12,15-17H2,1,3-5H3,(H,31,34)/b28-27-,30-6-. The van der Waals surface area contributed by atoms with E-state index in [1.165, 1.54) is 6.07 Å². The first kappa shape index (κ1) is 28.8. The zero-order chi connectivity index (χ0) is 27.7. The summed E-state index contributed by atoms with van der Waals surface area (Å²) in [5.74, 6) is -0.544. The van der Waals surface area contributed by atoms with Crippen molar-refractivity contribution in [2.24, 2.45) is 4.99 Å². The van der Waals surface area contributed by atoms with Gasteiger partial charge in [-0.1, -0.05) is 6.58 Å². The van der Waals surface area contributed by atoms with Gasteiger partial charge in [-0.15, -0.1) is 0 Å². The van der Waals surface area contributed by atoms with Crippen LogP contribution < -0.4 is 25.8 Å². The van der Waals surface area contributed by atoms with Crippen LogP contribution in [0.2, 0.25) is 0 Å². The van der Waals surface area contributed by atoms with Gasteiger partial charge in [-0.3, -0.25) is 9.59 Å². The number of nitrogens with one attached hydrogen (secondary N) is 2. The largest absolute Gasteiger partial charge is 0.491 e. The van der Waals surface area contributed by atoms with Gasteiger partial charge >= 0.3 is 0 Å². The summed E-state index contributed by atoms with van der Waals surface area (Å²) >= 11 is 0. The van der Waals surface area contributed by atoms with Crippen LogP contribution in [0.1, 0.15) is 27.2 Å². The van der Waals surface area contributed by atoms with E-state index in [0.717, 1.165) is 0 Å². The summed E-state index contributed by atoms with van der Waals surface area (Å²) in [6.45, 7) is 11.1. The van der Waals surface area contributed by atoms with E-state index >= 15 is 4.39 Å². The number of amides is 2. The number of morpholine rings is 1. The number of aliphatic imine (C=N–C) groups is 1. The number of anilines is 2. The Morgan fingerprint density at radius 2 is 1.76 bits per heavy atom. The molecule has 0 aromatic heterocycles. The Morgan fingerprint density at radius 3 is 2.34 bits per heavy atom. The molecule has 2 amide bonds. The van der Waals surface area contributed by atoms with E-state index in [-0.39, 0.29) is 35.5 Å². The molecule has 204 valence electrons. The minimum atomic E-state index is -0.532. The van der Waals surface area contributed by atoms with E-state index in [2.05, 4.69) is 22.2 Å². The van der Waals surface area contributed by atoms with Gasteiger partial charge in [-0.05, 0) is 56.3 Å². The molecule has 2 aromatic carbocycles. The van der Waals surface area contributed by atoms with Crippen molar-refractivity contribution in [2.45, 2.75) is 39.3 Å². The molecule has 0 saturated carbocycles. The molecule has 2 atom stereocenters. The fourth-order valence-electron chi connectivity index (χ4n) is 4.22. The molecule has 2 unspecified atom stereocenters. The summed E-state index contributed by atoms with van der Waals surface area (Å²) in [7, 11) is 1.56. The van der Waals surface area contributed by atoms with Gasteiger partial charge < -0.3 is 29.7 Å². The second-order valence-corrected chi connectivity index (χ2v) is 8.98. The van der Waals surface area contributed by atoms with Gasteiger partial charge in [0.2, 0.25) is 11.8 Å². The first-order valence-electron chi connectivity index (χ1n) is 12.4. The smallest absolute Gasteiger partial charge is 0.233 e. The van der Waals surface area contributed by atoms with Gasteiger partial charge in [0.25, 0.3) is 0 Å². The minimum Gasteiger partial charge on any atom is -0.491 e. The maximum atomic E-state index is 15.0. The van der Waals surface area contributed by atoms with Gasteiger partial charge in [0, 0.05) is 30.8 Å². The van der Waals surface area contributed by atoms with Crippen LogP contribution in [-0.2, 0) is 19.1 Å². The highest BCUT2D eigenvalue weighted by atomic mass is 19.1. The van der Waals surface area contributed by atoms with Crippen molar-refractivity contribution in [1.29, 1.82) is 0 Å². The molecule has 10 heteroatoms. The number of carbonyl (C=O) groups excluding carboxylic acids is 2. The Labute approximate surface area is 222 Å². The molecule has 0 spiro atoms. The predicted molar refractivity (Wildman–Crippen MR) is 146 cm³/mol. The van der Waals surface area contributed by atoms with E-state index in [1.54, 1.807) is 55.5 Å². The third-order valence-electron chi connectivity index (χ3n) is 5.90. The van der Waals surface area contributed by atoms with E-state index in [1.807, 2.05) is 13.8 Å². The second kappa shape index (κ2) is 13.7. The van der Waals surface area contributed by atoms with Crippen molar-refractivity contribution in [3.63, 3.8) is 0 Å². The summed E-state index contributed by atoms with van der Waals surface area (Å²) in [5, 5.41) is 6.48. The lowest BCUT2D eigenvalue weighted by atomic mass is 10.1. The van der Waals surface area contributed by atoms with Crippen LogP contribution in [-0.4, -0.2) is 68.5 Å². The Bertz CT molecular complexity index is 1260. The summed E-state index contributed by atoms with van der Waals surface area (Å²) in [4.78, 5) is 31.2. The number of hydrogen-bond donors (Lipinski definition) is 2. The van der Waals surface area contributed by atoms with Crippen LogP contribution in [0.3, 0.4) is 0 Å². The molecule has 0 bridgehead atoms. The topological polar surface area (TPSA) is 101 Å². The van der Waals surface area contributed by atoms with Crippen LogP contribution >= 0.6 is 0 Å². The maximum Gasteiger partial charge on any atom is 0.233 e. The molecule has 1 heterocycles. The maximum absolute atomic E-state index is 15.0. The fraction of sp³-hybridized carbons (Fsp3) is 0.393. The van der Waals surface area contributed by atoms with Crippen molar-refractivity contribution in [3.8, 4) is 5.75 Å². The number of benzene rings is 2. The molecule has 1 saturated heterocycles. The molecule has 1 fully saturated rings. The Hall–Kier alpha value is -3.76. The van der Waals surface area contributed by atoms with Crippen molar-refractivity contribution in [1.82, 2.24) is 4.90 Å². The van der Waals surface area contributed by atoms with Crippen LogP contribution in [0.5, 0.6) is 5.75 Å². The highest BCUT2D eigenvalue weighted by molar-refractivity contribution is 6.03. The summed E-state index contributed by atoms with van der Waals surface area (Å²) < 4.78 is 30.9. The lowest BCUT2D eigenvalue weighted by Gasteiger charge is -2.38. The van der Waals surface area contributed by atoms with Crippen LogP contribution in [0.4, 0.5) is 15.8 Å². The van der Waals surface area contributed by atoms with E-state index in [9.17, 15) is 9.59 Å². The van der Waals surface area contributed by atoms with Crippen molar-refractivity contribution >= 4 is 41.8 Å². The molecule has 2 aromatic rings. The molecular formula is C28H35FN4O5. The number of nitrogens with zero attached hydrogens (tertiary/aromatic N) is 2. The average molecular weight is 527 g/mol. The van der Waals surface area contributed by atoms with Gasteiger partial charge in [-0.25, -0.2) is 9.38 Å². The predicted octanol–water partition coefficient (Wildman–Crippen LogP) is 2.49. The van der Waals surface area contributed by atoms with Gasteiger partial charge in [0.15, 0.2) is 0 Å². The number of halogens is 1. The lowest BCUT2D eigenvalue weighted by molar-refractivity contribution is -0.145. The highest BCUT2D eigenvalue weighted by Gasteiger charge is 2.30. The molecule has 0 radical (unpaired) electrons. The lowest BCUT2D eigenvalue weighted by Crippen LogP contribution is -2.53. The molecule has 9 nitrogen and oxygen atoms in total. The quantitative estimate of drug-likeness (QED) is 0.280. The number of rotatable bonds is 10. The van der Waals surface area contributed by atoms with Crippen molar-refractivity contribution in [2.75, 3.05) is 44.2 Å². The molecule has 1 aliphatic heterocycles. The van der Waals surface area contributed by atoms with Crippen molar-refractivity contribution < 1.29 is 28.2 Å². The Morgan fingerprint density at radius 1 is 1.13 bits per heavy atom. The molecule has 2 N–H and O–H groups in total. The Balaban J connectivity index is 1.70. The molecular weight excluding hydrogens is 491 g/mol. The first-order valence-corrected chi connectivity index (χ1v) is 12.4. The third kappa shape index (κ3) is 7.62. The second-order valence-electron chi connectivity index (χ2n) is 8.98. The molecule has 1 aliphatic rings. The summed E-state index contributed by atoms with van der Waals surface area (Å²) in [6, 6.07) is 9.57. The average Bonchev–Trinajstić information content (AvgIpc) is 2.85. The van der Waals surface area contributed by atoms with E-state index < -0.39 is 11.7 Å². The summed E-state index contributed by atoms with van der Waals surface area (Å²) in [5.41, 5.74) is 1.15. The molecule has 0 aliphatic carbocycles. The monoisotopic (exact) mass is 526 g/mol. The van der Waals surface area contributed by atoms with Crippen LogP contribution in [0.25, 0.3) is 12.4 Å². The zero-order valence-electron chi connectivity index (χ0n) is 22.3. The highest BCUT2D eigenvalue weighted by Crippen LogP contribution is 2.18. The number of ether oxygens (including phenoxy) is 3. The Kier molecular flexibility index (Phi) is 10.4. The SMILES string of the molecule is C=c1cc(OCCOC)cc(F)/c1=C(/N=C\C)Nc1ccc(NC(=O)CC(=O)N2C(C)COCC2C)cc1. The van der Waals surface area contributed by atoms with Gasteiger partial charge in [-0.2, -0.15) is 0 Å². The summed E-state index contributed by atoms with van der Waals surface area (Å²) in [6.07, 6.45) is 1.29. The fourth-order valence-corrected chi connectivity index (χ4v) is 4.22. The first-order chi connectivity index (χ1) is 18.2. The van der Waals surface area contributed by atoms with Gasteiger partial charge in [0.1, 0.15) is 30.4 Å². The number of methoxy groups -OCH3 is 1. The van der Waals surface area contributed by atoms with E-state index in [0.29, 0.717) is 48.8 Å². The normalized spacial score (nSPS) is 18.3. The third-order valence-corrected chi connectivity index (χ3v) is 5.90. The molecule has 38 heavy (non-hydrogen) atoms. The van der Waals surface area contributed by atoms with E-state index in [4.69, 9.17) is 14.2 Å². The van der Waals surface area contributed by atoms with Crippen LogP contribution in [0.15, 0.2) is 41.4 Å². The minimum absolute atomic E-state index is 0.0799. The van der Waals surface area contributed by atoms with Gasteiger partial charge in [0.05, 0.1) is 37.1 Å². The van der Waals surface area contributed by atoms with Crippen LogP contribution in [0, 0.1) is 5.82 Å². The van der Waals surface area contributed by atoms with Crippen molar-refractivity contribution in [3.05, 3.63) is 52.7 Å².